The van der Waals surface area contributed by atoms with Crippen LogP contribution in [-0.2, 0) is 43.3 Å². The summed E-state index contributed by atoms with van der Waals surface area (Å²) in [6.07, 6.45) is 38.3. The van der Waals surface area contributed by atoms with Crippen LogP contribution in [-0.4, -0.2) is 11.4 Å². The fourth-order valence-corrected chi connectivity index (χ4v) is 18.5. The summed E-state index contributed by atoms with van der Waals surface area (Å²) < 4.78 is 0. The summed E-state index contributed by atoms with van der Waals surface area (Å²) in [5, 5.41) is 8.87. The van der Waals surface area contributed by atoms with Gasteiger partial charge in [-0.05, 0) is 164 Å². The molecule has 5 aromatic rings. The highest BCUT2D eigenvalue weighted by Crippen LogP contribution is 2.64. The summed E-state index contributed by atoms with van der Waals surface area (Å²) in [6, 6.07) is 29.9. The van der Waals surface area contributed by atoms with Crippen LogP contribution < -0.4 is 10.6 Å². The molecule has 0 amide bonds. The van der Waals surface area contributed by atoms with Crippen LogP contribution >= 0.6 is 0 Å². The quantitative estimate of drug-likeness (QED) is 0.0325. The number of nitrogens with one attached hydrogen (secondary N) is 2. The Morgan fingerprint density at radius 3 is 1.34 bits per heavy atom. The Balaban J connectivity index is 1.18. The molecule has 0 bridgehead atoms. The number of hydrogen-bond acceptors (Lipinski definition) is 4. The average molecular weight is 1350 g/mol. The second kappa shape index (κ2) is 30.3. The highest BCUT2D eigenvalue weighted by Gasteiger charge is 2.68. The molecule has 0 saturated carbocycles. The van der Waals surface area contributed by atoms with Crippen molar-refractivity contribution < 1.29 is 0 Å². The lowest BCUT2D eigenvalue weighted by Gasteiger charge is -2.46. The number of benzene rings is 5. The molecule has 542 valence electrons. The minimum absolute atomic E-state index is 0.00431. The molecule has 0 radical (unpaired) electrons. The molecule has 0 unspecified atom stereocenters. The van der Waals surface area contributed by atoms with Crippen molar-refractivity contribution in [2.24, 2.45) is 15.4 Å². The van der Waals surface area contributed by atoms with Gasteiger partial charge in [0.1, 0.15) is 10.8 Å². The van der Waals surface area contributed by atoms with Gasteiger partial charge in [0.2, 0.25) is 5.92 Å². The molecule has 0 saturated heterocycles. The van der Waals surface area contributed by atoms with Crippen LogP contribution in [0.3, 0.4) is 0 Å². The Hall–Kier alpha value is -5.48. The predicted octanol–water partition coefficient (Wildman–Crippen LogP) is 29.8. The number of unbranched alkanes of at least 4 members (excludes halogenated alkanes) is 20. The first kappa shape index (κ1) is 77.1. The molecule has 100 heavy (non-hydrogen) atoms. The summed E-state index contributed by atoms with van der Waals surface area (Å²) in [4.78, 5) is 12.4. The third-order valence-electron chi connectivity index (χ3n) is 25.8. The molecule has 1 aliphatic carbocycles. The Kier molecular flexibility index (Phi) is 23.4. The largest absolute Gasteiger partial charge is 0.355 e. The van der Waals surface area contributed by atoms with Gasteiger partial charge in [-0.25, -0.2) is 0 Å². The summed E-state index contributed by atoms with van der Waals surface area (Å²) in [7, 11) is 0. The van der Waals surface area contributed by atoms with Gasteiger partial charge in [0, 0.05) is 50.1 Å². The molecule has 4 heteroatoms. The van der Waals surface area contributed by atoms with Gasteiger partial charge in [0.15, 0.2) is 17.6 Å². The van der Waals surface area contributed by atoms with Crippen LogP contribution in [0.5, 0.6) is 0 Å². The van der Waals surface area contributed by atoms with Crippen molar-refractivity contribution in [2.75, 3.05) is 10.6 Å². The van der Waals surface area contributed by atoms with Crippen LogP contribution in [0, 0.1) is 17.3 Å². The Morgan fingerprint density at radius 2 is 0.820 bits per heavy atom. The van der Waals surface area contributed by atoms with Crippen LogP contribution in [0.15, 0.2) is 94.4 Å². The van der Waals surface area contributed by atoms with Crippen LogP contribution in [0.2, 0.25) is 0 Å². The maximum atomic E-state index is 6.41. The zero-order valence-electron chi connectivity index (χ0n) is 68.2. The van der Waals surface area contributed by atoms with E-state index in [4.69, 9.17) is 9.98 Å². The van der Waals surface area contributed by atoms with Gasteiger partial charge < -0.3 is 10.6 Å². The van der Waals surface area contributed by atoms with Crippen molar-refractivity contribution in [3.63, 3.8) is 0 Å². The van der Waals surface area contributed by atoms with Crippen LogP contribution in [0.1, 0.15) is 395 Å². The molecule has 0 fully saturated rings. The van der Waals surface area contributed by atoms with Crippen LogP contribution in [0.25, 0.3) is 11.1 Å². The number of hydrogen-bond donors (Lipinski definition) is 2. The number of fused-ring (bicyclic) bond motifs is 8. The maximum absolute atomic E-state index is 6.41. The normalized spacial score (nSPS) is 17.1. The van der Waals surface area contributed by atoms with E-state index in [1.165, 1.54) is 274 Å². The van der Waals surface area contributed by atoms with E-state index in [2.05, 4.69) is 249 Å². The summed E-state index contributed by atoms with van der Waals surface area (Å²) in [6.45, 7) is 56.8. The molecule has 4 heterocycles. The predicted molar refractivity (Wildman–Crippen MR) is 440 cm³/mol. The molecular weight excluding hydrogens is 1210 g/mol. The number of anilines is 4. The summed E-state index contributed by atoms with van der Waals surface area (Å²) in [5.74, 6) is 2.66. The van der Waals surface area contributed by atoms with Crippen molar-refractivity contribution in [2.45, 2.75) is 382 Å². The van der Waals surface area contributed by atoms with E-state index in [1.807, 2.05) is 0 Å². The summed E-state index contributed by atoms with van der Waals surface area (Å²) in [5.41, 5.74) is 25.5. The standard InChI is InChI=1S/C96H140N4/c1-24-28-32-36-40-44-56-89(8,9)67-52-54-77-69(60-67)93(16,17)73-63-75-86(80(84(73)97-77)91(12,13)58-46-42-38-34-30-26-3)99-82-71(95(75,20)21)62-72-83(79(82)65-48-50-66(51-49-65)88(5,6)7)100-87-76(96(72,22)23)64-74-85(81(87)92(14,15)59-47-43-39-35-31-27-4)98-78-55-53-68(61-70(78)94(74,18)19)90(10,11)57-45-41-37-33-29-25-2/h48-55,60-64,97,99H,24-47,56-59H2,1-23H3/q+2. The first-order valence-electron chi connectivity index (χ1n) is 41.2. The third-order valence-corrected chi connectivity index (χ3v) is 25.8. The minimum Gasteiger partial charge on any atom is -0.355 e. The molecule has 5 aliphatic rings. The van der Waals surface area contributed by atoms with Crippen molar-refractivity contribution in [1.82, 2.24) is 0 Å². The first-order chi connectivity index (χ1) is 47.1. The topological polar surface area (TPSA) is 48.8 Å². The van der Waals surface area contributed by atoms with E-state index in [9.17, 15) is 0 Å². The van der Waals surface area contributed by atoms with Crippen molar-refractivity contribution >= 4 is 45.5 Å². The van der Waals surface area contributed by atoms with Gasteiger partial charge in [0.05, 0.1) is 22.5 Å². The minimum atomic E-state index is -0.439. The summed E-state index contributed by atoms with van der Waals surface area (Å²) >= 11 is 0. The molecule has 2 N–H and O–H groups in total. The molecular formula is C96H140N4+2. The maximum Gasteiger partial charge on any atom is 0.294 e. The van der Waals surface area contributed by atoms with E-state index in [-0.39, 0.29) is 37.9 Å². The highest BCUT2D eigenvalue weighted by atomic mass is 15.0. The Morgan fingerprint density at radius 1 is 0.390 bits per heavy atom. The molecule has 0 aromatic heterocycles. The lowest BCUT2D eigenvalue weighted by Crippen LogP contribution is -2.50. The van der Waals surface area contributed by atoms with Gasteiger partial charge >= 0.3 is 0 Å². The third kappa shape index (κ3) is 15.4. The number of rotatable bonds is 33. The zero-order chi connectivity index (χ0) is 72.6. The lowest BCUT2D eigenvalue weighted by atomic mass is 9.53. The first-order valence-corrected chi connectivity index (χ1v) is 41.2. The van der Waals surface area contributed by atoms with E-state index < -0.39 is 10.8 Å². The Bertz CT molecular complexity index is 3770. The Labute approximate surface area is 613 Å². The second-order valence-corrected chi connectivity index (χ2v) is 38.1. The molecule has 5 aromatic carbocycles. The van der Waals surface area contributed by atoms with E-state index in [1.54, 1.807) is 0 Å². The number of allylic oxidation sites excluding steroid dienone is 2. The molecule has 10 rings (SSSR count). The lowest BCUT2D eigenvalue weighted by molar-refractivity contribution is 0.371. The SMILES string of the molecule is CCCCCCCCC(C)(C)c1ccc2c(c1)C(C)(C)C1=C[C+]3C(=Nc4c(cc5c(c4-c4ccc(C(C)(C)C)cc4)Nc4c(cc6c(c4C(C)(C)CCCCCCCC)Nc4ccc(C(C)(C)CCCCCCCC)cc4C6(C)C)C5(C)C)C3(C)C)[C+](C(C)(C)CCCCCCCC)C1=N2. The van der Waals surface area contributed by atoms with E-state index in [0.717, 1.165) is 35.6 Å². The average Bonchev–Trinajstić information content (AvgIpc) is 0.688. The van der Waals surface area contributed by atoms with Gasteiger partial charge in [0.25, 0.3) is 11.4 Å². The van der Waals surface area contributed by atoms with Gasteiger partial charge in [-0.15, -0.1) is 0 Å². The van der Waals surface area contributed by atoms with Crippen molar-refractivity contribution in [3.8, 4) is 11.1 Å². The van der Waals surface area contributed by atoms with Crippen LogP contribution in [0.4, 0.5) is 34.1 Å². The van der Waals surface area contributed by atoms with Gasteiger partial charge in [-0.3, -0.25) is 0 Å². The monoisotopic (exact) mass is 1350 g/mol. The fourth-order valence-electron chi connectivity index (χ4n) is 18.5. The van der Waals surface area contributed by atoms with Crippen molar-refractivity contribution in [1.29, 1.82) is 0 Å². The van der Waals surface area contributed by atoms with E-state index in [0.29, 0.717) is 0 Å². The number of nitrogens with zero attached hydrogens (tertiary/aromatic N) is 2. The zero-order valence-corrected chi connectivity index (χ0v) is 68.2. The van der Waals surface area contributed by atoms with E-state index >= 15 is 0 Å². The fraction of sp³-hybridized carbons (Fsp3) is 0.625. The molecule has 4 aliphatic heterocycles. The van der Waals surface area contributed by atoms with Gasteiger partial charge in [-0.2, -0.15) is 9.98 Å². The van der Waals surface area contributed by atoms with Gasteiger partial charge in [-0.1, -0.05) is 314 Å². The smallest absolute Gasteiger partial charge is 0.294 e. The number of aliphatic imine (C=N–C) groups is 2. The second-order valence-electron chi connectivity index (χ2n) is 38.1. The molecule has 4 nitrogen and oxygen atoms in total. The molecule has 0 spiro atoms. The van der Waals surface area contributed by atoms with Crippen molar-refractivity contribution in [3.05, 3.63) is 152 Å². The molecule has 0 atom stereocenters. The highest BCUT2D eigenvalue weighted by molar-refractivity contribution is 6.37.